The minimum absolute atomic E-state index is 0.0155. The van der Waals surface area contributed by atoms with Crippen molar-refractivity contribution in [2.45, 2.75) is 32.4 Å². The lowest BCUT2D eigenvalue weighted by atomic mass is 10.0. The lowest BCUT2D eigenvalue weighted by molar-refractivity contribution is 0.163. The van der Waals surface area contributed by atoms with Crippen LogP contribution in [0.5, 0.6) is 0 Å². The Morgan fingerprint density at radius 3 is 2.88 bits per heavy atom. The van der Waals surface area contributed by atoms with Crippen molar-refractivity contribution in [3.05, 3.63) is 21.9 Å². The van der Waals surface area contributed by atoms with Gasteiger partial charge in [-0.3, -0.25) is 0 Å². The predicted octanol–water partition coefficient (Wildman–Crippen LogP) is 1.86. The quantitative estimate of drug-likeness (QED) is 0.864. The van der Waals surface area contributed by atoms with Crippen LogP contribution in [0.2, 0.25) is 0 Å². The van der Waals surface area contributed by atoms with Crippen molar-refractivity contribution in [1.29, 1.82) is 0 Å². The van der Waals surface area contributed by atoms with E-state index >= 15 is 0 Å². The topological polar surface area (TPSA) is 58.4 Å². The number of nitrogens with zero attached hydrogens (tertiary/aromatic N) is 1. The van der Waals surface area contributed by atoms with Crippen LogP contribution in [0.1, 0.15) is 30.3 Å². The van der Waals surface area contributed by atoms with Crippen LogP contribution in [0, 0.1) is 6.92 Å². The molecule has 1 aromatic rings. The highest BCUT2D eigenvalue weighted by molar-refractivity contribution is 7.10. The van der Waals surface area contributed by atoms with E-state index in [0.29, 0.717) is 13.1 Å². The second kappa shape index (κ2) is 4.31. The fourth-order valence-electron chi connectivity index (χ4n) is 2.06. The van der Waals surface area contributed by atoms with E-state index in [4.69, 9.17) is 5.73 Å². The molecule has 17 heavy (non-hydrogen) atoms. The van der Waals surface area contributed by atoms with Gasteiger partial charge in [0.2, 0.25) is 0 Å². The van der Waals surface area contributed by atoms with Crippen molar-refractivity contribution >= 4 is 17.4 Å². The molecule has 1 unspecified atom stereocenters. The zero-order valence-electron chi connectivity index (χ0n) is 10.5. The van der Waals surface area contributed by atoms with Gasteiger partial charge in [-0.15, -0.1) is 11.3 Å². The minimum Gasteiger partial charge on any atom is -0.329 e. The van der Waals surface area contributed by atoms with Crippen LogP contribution >= 0.6 is 11.3 Å². The summed E-state index contributed by atoms with van der Waals surface area (Å²) in [5, 5.41) is 5.09. The molecule has 2 heterocycles. The molecule has 1 atom stereocenters. The monoisotopic (exact) mass is 253 g/mol. The third-order valence-corrected chi connectivity index (χ3v) is 4.49. The molecule has 0 bridgehead atoms. The zero-order valence-corrected chi connectivity index (χ0v) is 11.3. The van der Waals surface area contributed by atoms with E-state index in [-0.39, 0.29) is 17.6 Å². The van der Waals surface area contributed by atoms with E-state index in [1.165, 1.54) is 10.4 Å². The zero-order chi connectivity index (χ0) is 12.6. The van der Waals surface area contributed by atoms with Crippen molar-refractivity contribution in [1.82, 2.24) is 10.2 Å². The largest absolute Gasteiger partial charge is 0.329 e. The number of nitrogens with two attached hydrogens (primary N) is 1. The molecular weight excluding hydrogens is 234 g/mol. The molecule has 3 N–H and O–H groups in total. The van der Waals surface area contributed by atoms with E-state index in [9.17, 15) is 4.79 Å². The molecule has 1 saturated heterocycles. The molecule has 5 heteroatoms. The number of amides is 2. The highest BCUT2D eigenvalue weighted by Gasteiger charge is 2.38. The van der Waals surface area contributed by atoms with E-state index < -0.39 is 0 Å². The van der Waals surface area contributed by atoms with Crippen molar-refractivity contribution in [3.8, 4) is 0 Å². The van der Waals surface area contributed by atoms with Gasteiger partial charge >= 0.3 is 6.03 Å². The number of hydrogen-bond acceptors (Lipinski definition) is 3. The van der Waals surface area contributed by atoms with Gasteiger partial charge in [0.25, 0.3) is 0 Å². The summed E-state index contributed by atoms with van der Waals surface area (Å²) in [5.41, 5.74) is 6.68. The van der Waals surface area contributed by atoms with Crippen LogP contribution in [0.3, 0.4) is 0 Å². The summed E-state index contributed by atoms with van der Waals surface area (Å²) in [6, 6.07) is 2.18. The fourth-order valence-corrected chi connectivity index (χ4v) is 3.03. The molecule has 2 amide bonds. The molecule has 0 aliphatic carbocycles. The summed E-state index contributed by atoms with van der Waals surface area (Å²) >= 11 is 1.70. The average Bonchev–Trinajstić information content (AvgIpc) is 2.84. The number of rotatable bonds is 3. The van der Waals surface area contributed by atoms with Crippen molar-refractivity contribution < 1.29 is 4.79 Å². The van der Waals surface area contributed by atoms with Crippen LogP contribution in [-0.2, 0) is 0 Å². The molecule has 1 aliphatic rings. The summed E-state index contributed by atoms with van der Waals surface area (Å²) in [6.45, 7) is 7.24. The van der Waals surface area contributed by atoms with E-state index in [1.54, 1.807) is 11.3 Å². The van der Waals surface area contributed by atoms with Crippen LogP contribution in [0.4, 0.5) is 4.79 Å². The maximum atomic E-state index is 12.0. The van der Waals surface area contributed by atoms with Gasteiger partial charge < -0.3 is 16.0 Å². The van der Waals surface area contributed by atoms with E-state index in [0.717, 1.165) is 0 Å². The third kappa shape index (κ3) is 2.17. The van der Waals surface area contributed by atoms with Gasteiger partial charge in [0, 0.05) is 18.0 Å². The van der Waals surface area contributed by atoms with Crippen LogP contribution in [0.15, 0.2) is 11.4 Å². The van der Waals surface area contributed by atoms with Gasteiger partial charge in [-0.1, -0.05) is 0 Å². The maximum Gasteiger partial charge on any atom is 0.318 e. The highest BCUT2D eigenvalue weighted by Crippen LogP contribution is 2.30. The molecule has 0 radical (unpaired) electrons. The average molecular weight is 253 g/mol. The Morgan fingerprint density at radius 2 is 2.35 bits per heavy atom. The lowest BCUT2D eigenvalue weighted by Gasteiger charge is -2.33. The van der Waals surface area contributed by atoms with Crippen molar-refractivity contribution in [3.63, 3.8) is 0 Å². The van der Waals surface area contributed by atoms with Crippen molar-refractivity contribution in [2.24, 2.45) is 5.73 Å². The first-order valence-electron chi connectivity index (χ1n) is 5.78. The van der Waals surface area contributed by atoms with Gasteiger partial charge in [0.1, 0.15) is 0 Å². The highest BCUT2D eigenvalue weighted by atomic mass is 32.1. The van der Waals surface area contributed by atoms with E-state index in [2.05, 4.69) is 23.7 Å². The van der Waals surface area contributed by atoms with Gasteiger partial charge in [-0.05, 0) is 37.8 Å². The molecule has 0 spiro atoms. The van der Waals surface area contributed by atoms with E-state index in [1.807, 2.05) is 18.7 Å². The number of thiophene rings is 1. The van der Waals surface area contributed by atoms with Gasteiger partial charge in [-0.25, -0.2) is 4.79 Å². The smallest absolute Gasteiger partial charge is 0.318 e. The summed E-state index contributed by atoms with van der Waals surface area (Å²) in [7, 11) is 0. The second-order valence-electron chi connectivity index (χ2n) is 5.10. The van der Waals surface area contributed by atoms with Crippen LogP contribution in [0.25, 0.3) is 0 Å². The molecule has 0 aromatic carbocycles. The number of urea groups is 1. The van der Waals surface area contributed by atoms with Crippen LogP contribution < -0.4 is 11.1 Å². The molecule has 1 aliphatic heterocycles. The first-order chi connectivity index (χ1) is 7.95. The Kier molecular flexibility index (Phi) is 3.14. The Hall–Kier alpha value is -1.07. The number of carbonyl (C=O) groups excluding carboxylic acids is 1. The Balaban J connectivity index is 2.18. The molecule has 94 valence electrons. The minimum atomic E-state index is -0.288. The molecule has 4 nitrogen and oxygen atoms in total. The number of carbonyl (C=O) groups is 1. The Labute approximate surface area is 106 Å². The molecule has 1 fully saturated rings. The first-order valence-corrected chi connectivity index (χ1v) is 6.66. The molecule has 0 saturated carbocycles. The summed E-state index contributed by atoms with van der Waals surface area (Å²) in [5.74, 6) is 0. The summed E-state index contributed by atoms with van der Waals surface area (Å²) < 4.78 is 0. The third-order valence-electron chi connectivity index (χ3n) is 3.36. The SMILES string of the molecule is Cc1ccsc1C1CN(C(C)(C)CN)C(=O)N1. The number of hydrogen-bond donors (Lipinski definition) is 2. The Morgan fingerprint density at radius 1 is 1.65 bits per heavy atom. The number of nitrogens with one attached hydrogen (secondary N) is 1. The first kappa shape index (κ1) is 12.4. The van der Waals surface area contributed by atoms with Gasteiger partial charge in [0.05, 0.1) is 11.6 Å². The van der Waals surface area contributed by atoms with Gasteiger partial charge in [-0.2, -0.15) is 0 Å². The molecule has 1 aromatic heterocycles. The lowest BCUT2D eigenvalue weighted by Crippen LogP contribution is -2.50. The summed E-state index contributed by atoms with van der Waals surface area (Å²) in [4.78, 5) is 15.0. The van der Waals surface area contributed by atoms with Crippen molar-refractivity contribution in [2.75, 3.05) is 13.1 Å². The molecular formula is C12H19N3OS. The number of aryl methyl sites for hydroxylation is 1. The van der Waals surface area contributed by atoms with Crippen LogP contribution in [-0.4, -0.2) is 29.6 Å². The summed E-state index contributed by atoms with van der Waals surface area (Å²) in [6.07, 6.45) is 0. The standard InChI is InChI=1S/C12H19N3OS/c1-8-4-5-17-10(8)9-6-15(11(16)14-9)12(2,3)7-13/h4-5,9H,6-7,13H2,1-3H3,(H,14,16). The maximum absolute atomic E-state index is 12.0. The normalized spacial score (nSPS) is 20.8. The van der Waals surface area contributed by atoms with Gasteiger partial charge in [0.15, 0.2) is 0 Å². The fraction of sp³-hybridized carbons (Fsp3) is 0.583. The Bertz CT molecular complexity index is 427. The predicted molar refractivity (Wildman–Crippen MR) is 70.2 cm³/mol. The second-order valence-corrected chi connectivity index (χ2v) is 6.04. The molecule has 2 rings (SSSR count).